The second-order valence-corrected chi connectivity index (χ2v) is 9.38. The van der Waals surface area contributed by atoms with E-state index < -0.39 is 17.8 Å². The molecule has 0 aliphatic carbocycles. The molecule has 12 nitrogen and oxygen atoms in total. The van der Waals surface area contributed by atoms with Crippen molar-refractivity contribution in [1.82, 2.24) is 30.2 Å². The predicted molar refractivity (Wildman–Crippen MR) is 145 cm³/mol. The molecule has 0 radical (unpaired) electrons. The molecule has 0 aliphatic heterocycles. The first-order valence-corrected chi connectivity index (χ1v) is 12.7. The van der Waals surface area contributed by atoms with Crippen molar-refractivity contribution in [2.45, 2.75) is 6.92 Å². The van der Waals surface area contributed by atoms with E-state index in [9.17, 15) is 14.0 Å². The van der Waals surface area contributed by atoms with E-state index in [0.29, 0.717) is 32.1 Å². The van der Waals surface area contributed by atoms with Gasteiger partial charge in [0.15, 0.2) is 11.6 Å². The van der Waals surface area contributed by atoms with Crippen LogP contribution in [-0.4, -0.2) is 64.3 Å². The molecule has 3 aromatic heterocycles. The van der Waals surface area contributed by atoms with Gasteiger partial charge in [-0.3, -0.25) is 10.1 Å². The van der Waals surface area contributed by atoms with E-state index >= 15 is 0 Å². The highest BCUT2D eigenvalue weighted by Gasteiger charge is 2.16. The summed E-state index contributed by atoms with van der Waals surface area (Å²) in [7, 11) is 2.98. The van der Waals surface area contributed by atoms with Crippen molar-refractivity contribution in [3.63, 3.8) is 0 Å². The molecule has 40 heavy (non-hydrogen) atoms. The number of aryl methyl sites for hydroxylation is 1. The summed E-state index contributed by atoms with van der Waals surface area (Å²) in [6.07, 6.45) is 3.30. The Balaban J connectivity index is 1.24. The van der Waals surface area contributed by atoms with E-state index in [1.807, 2.05) is 19.1 Å². The summed E-state index contributed by atoms with van der Waals surface area (Å²) >= 11 is 1.37. The number of anilines is 1. The fraction of sp³-hybridized carbons (Fsp3) is 0.192. The number of benzene rings is 2. The average molecular weight is 564 g/mol. The van der Waals surface area contributed by atoms with Crippen LogP contribution < -0.4 is 20.1 Å². The van der Waals surface area contributed by atoms with Gasteiger partial charge in [-0.05, 0) is 24.6 Å². The number of amides is 2. The zero-order valence-corrected chi connectivity index (χ0v) is 22.3. The minimum atomic E-state index is -0.783. The summed E-state index contributed by atoms with van der Waals surface area (Å²) in [6.45, 7) is 1.71. The fourth-order valence-electron chi connectivity index (χ4n) is 3.73. The van der Waals surface area contributed by atoms with Crippen molar-refractivity contribution >= 4 is 50.3 Å². The van der Waals surface area contributed by atoms with E-state index in [-0.39, 0.29) is 30.5 Å². The van der Waals surface area contributed by atoms with Gasteiger partial charge in [-0.15, -0.1) is 11.3 Å². The van der Waals surface area contributed by atoms with Crippen molar-refractivity contribution < 1.29 is 28.2 Å². The molecule has 0 saturated carbocycles. The Morgan fingerprint density at radius 3 is 2.55 bits per heavy atom. The van der Waals surface area contributed by atoms with Crippen LogP contribution in [0.15, 0.2) is 42.9 Å². The molecule has 14 heteroatoms. The summed E-state index contributed by atoms with van der Waals surface area (Å²) in [4.78, 5) is 44.7. The van der Waals surface area contributed by atoms with E-state index in [2.05, 4.69) is 35.6 Å². The monoisotopic (exact) mass is 563 g/mol. The van der Waals surface area contributed by atoms with Crippen LogP contribution in [0, 0.1) is 12.7 Å². The lowest BCUT2D eigenvalue weighted by atomic mass is 10.1. The molecule has 0 atom stereocenters. The Morgan fingerprint density at radius 2 is 1.80 bits per heavy atom. The van der Waals surface area contributed by atoms with Crippen molar-refractivity contribution in [1.29, 1.82) is 0 Å². The summed E-state index contributed by atoms with van der Waals surface area (Å²) in [5.74, 6) is -0.678. The summed E-state index contributed by atoms with van der Waals surface area (Å²) in [5.41, 5.74) is 3.79. The first kappa shape index (κ1) is 26.6. The van der Waals surface area contributed by atoms with Crippen LogP contribution in [0.5, 0.6) is 11.6 Å². The smallest absolute Gasteiger partial charge is 0.411 e. The molecule has 0 bridgehead atoms. The van der Waals surface area contributed by atoms with E-state index in [4.69, 9.17) is 14.2 Å². The lowest BCUT2D eigenvalue weighted by molar-refractivity contribution is 0.0952. The van der Waals surface area contributed by atoms with Crippen molar-refractivity contribution in [3.05, 3.63) is 60.1 Å². The van der Waals surface area contributed by atoms with Gasteiger partial charge in [0.1, 0.15) is 18.2 Å². The highest BCUT2D eigenvalue weighted by molar-refractivity contribution is 7.21. The molecular weight excluding hydrogens is 541 g/mol. The molecule has 0 unspecified atom stereocenters. The number of ether oxygens (including phenoxy) is 3. The van der Waals surface area contributed by atoms with Crippen molar-refractivity contribution in [2.24, 2.45) is 0 Å². The van der Waals surface area contributed by atoms with Gasteiger partial charge in [0.05, 0.1) is 52.6 Å². The molecule has 2 aromatic carbocycles. The van der Waals surface area contributed by atoms with Gasteiger partial charge in [-0.25, -0.2) is 34.1 Å². The number of nitrogens with one attached hydrogen (secondary N) is 2. The number of nitrogens with zero attached hydrogens (tertiary/aromatic N) is 5. The third-order valence-electron chi connectivity index (χ3n) is 5.55. The van der Waals surface area contributed by atoms with Crippen LogP contribution in [0.1, 0.15) is 16.2 Å². The molecular formula is C26H22FN7O5S. The minimum absolute atomic E-state index is 0.00326. The van der Waals surface area contributed by atoms with Gasteiger partial charge in [-0.2, -0.15) is 0 Å². The Bertz CT molecular complexity index is 1730. The van der Waals surface area contributed by atoms with Gasteiger partial charge < -0.3 is 19.5 Å². The minimum Gasteiger partial charge on any atom is -0.487 e. The molecule has 5 rings (SSSR count). The lowest BCUT2D eigenvalue weighted by Crippen LogP contribution is -2.21. The van der Waals surface area contributed by atoms with Crippen LogP contribution in [0.4, 0.5) is 14.9 Å². The van der Waals surface area contributed by atoms with Crippen LogP contribution in [0.2, 0.25) is 0 Å². The summed E-state index contributed by atoms with van der Waals surface area (Å²) < 4.78 is 31.2. The van der Waals surface area contributed by atoms with Crippen molar-refractivity contribution in [3.8, 4) is 22.2 Å². The number of rotatable bonds is 8. The van der Waals surface area contributed by atoms with Gasteiger partial charge in [0.25, 0.3) is 5.91 Å². The van der Waals surface area contributed by atoms with Crippen LogP contribution in [0.25, 0.3) is 31.8 Å². The predicted octanol–water partition coefficient (Wildman–Crippen LogP) is 4.14. The molecule has 204 valence electrons. The molecule has 0 aliphatic rings. The number of methoxy groups -OCH3 is 1. The van der Waals surface area contributed by atoms with E-state index in [1.54, 1.807) is 12.3 Å². The van der Waals surface area contributed by atoms with Crippen molar-refractivity contribution in [2.75, 3.05) is 32.7 Å². The largest absolute Gasteiger partial charge is 0.487 e. The maximum Gasteiger partial charge on any atom is 0.411 e. The summed E-state index contributed by atoms with van der Waals surface area (Å²) in [6, 6.07) is 6.73. The topological polar surface area (TPSA) is 150 Å². The molecule has 3 heterocycles. The number of carbonyl (C=O) groups is 2. The zero-order valence-electron chi connectivity index (χ0n) is 21.5. The molecule has 2 N–H and O–H groups in total. The SMILES string of the molecule is CNC(=O)c1ncc(NC(=O)OCCOc2cc3sc(-c4cc(C)cc5nc(OC)cnc45)nc3cc2F)cn1. The Morgan fingerprint density at radius 1 is 1.00 bits per heavy atom. The normalized spacial score (nSPS) is 10.9. The number of thiazole rings is 1. The second kappa shape index (κ2) is 11.4. The second-order valence-electron chi connectivity index (χ2n) is 8.35. The summed E-state index contributed by atoms with van der Waals surface area (Å²) in [5, 5.41) is 5.49. The van der Waals surface area contributed by atoms with E-state index in [0.717, 1.165) is 11.1 Å². The number of halogens is 1. The highest BCUT2D eigenvalue weighted by atomic mass is 32.1. The molecule has 2 amide bonds. The maximum absolute atomic E-state index is 14.8. The molecule has 0 saturated heterocycles. The fourth-order valence-corrected chi connectivity index (χ4v) is 4.72. The van der Waals surface area contributed by atoms with Crippen LogP contribution in [-0.2, 0) is 4.74 Å². The standard InChI is InChI=1S/C26H22FN7O5S/c1-13-6-15(22-18(7-13)33-21(37-3)12-29-22)25-34-17-8-16(27)19(9-20(17)40-25)38-4-5-39-26(36)32-14-10-30-23(31-11-14)24(35)28-2/h6-12H,4-5H2,1-3H3,(H,28,35)(H,32,36). The third-order valence-corrected chi connectivity index (χ3v) is 6.60. The Kier molecular flexibility index (Phi) is 7.59. The molecule has 0 fully saturated rings. The number of hydrogen-bond acceptors (Lipinski definition) is 11. The highest BCUT2D eigenvalue weighted by Crippen LogP contribution is 2.37. The molecule has 5 aromatic rings. The van der Waals surface area contributed by atoms with Gasteiger partial charge >= 0.3 is 6.09 Å². The maximum atomic E-state index is 14.8. The lowest BCUT2D eigenvalue weighted by Gasteiger charge is -2.09. The van der Waals surface area contributed by atoms with Gasteiger partial charge in [0.2, 0.25) is 11.7 Å². The third kappa shape index (κ3) is 5.71. The quantitative estimate of drug-likeness (QED) is 0.264. The first-order valence-electron chi connectivity index (χ1n) is 11.9. The number of fused-ring (bicyclic) bond motifs is 2. The first-order chi connectivity index (χ1) is 19.3. The van der Waals surface area contributed by atoms with Crippen LogP contribution >= 0.6 is 11.3 Å². The van der Waals surface area contributed by atoms with Gasteiger partial charge in [0, 0.05) is 24.7 Å². The Hall–Kier alpha value is -4.98. The average Bonchev–Trinajstić information content (AvgIpc) is 3.36. The number of carbonyl (C=O) groups excluding carboxylic acids is 2. The number of hydrogen-bond donors (Lipinski definition) is 2. The molecule has 0 spiro atoms. The van der Waals surface area contributed by atoms with Gasteiger partial charge in [-0.1, -0.05) is 0 Å². The Labute approximate surface area is 230 Å². The van der Waals surface area contributed by atoms with Crippen LogP contribution in [0.3, 0.4) is 0 Å². The zero-order chi connectivity index (χ0) is 28.2. The van der Waals surface area contributed by atoms with E-state index in [1.165, 1.54) is 44.0 Å². The number of aromatic nitrogens is 5.